The van der Waals surface area contributed by atoms with Gasteiger partial charge in [-0.3, -0.25) is 4.68 Å². The fourth-order valence-corrected chi connectivity index (χ4v) is 1.09. The molecule has 0 spiro atoms. The minimum atomic E-state index is 0.373. The Kier molecular flexibility index (Phi) is 1.58. The fraction of sp³-hybridized carbons (Fsp3) is 0.250. The summed E-state index contributed by atoms with van der Waals surface area (Å²) in [7, 11) is 1.87. The normalized spacial score (nSPS) is 10.6. The maximum Gasteiger partial charge on any atom is 0.189 e. The minimum Gasteiger partial charge on any atom is -0.381 e. The van der Waals surface area contributed by atoms with Gasteiger partial charge in [0, 0.05) is 18.8 Å². The molecule has 2 N–H and O–H groups in total. The second-order valence-corrected chi connectivity index (χ2v) is 2.91. The molecule has 0 saturated heterocycles. The second-order valence-electron chi connectivity index (χ2n) is 2.91. The second kappa shape index (κ2) is 2.62. The lowest BCUT2D eigenvalue weighted by Gasteiger charge is -1.88. The molecule has 0 radical (unpaired) electrons. The molecule has 2 rings (SSSR count). The Balaban J connectivity index is 2.46. The zero-order valence-corrected chi connectivity index (χ0v) is 7.48. The number of hydrogen-bond donors (Lipinski definition) is 1. The van der Waals surface area contributed by atoms with E-state index in [0.29, 0.717) is 11.6 Å². The van der Waals surface area contributed by atoms with Gasteiger partial charge < -0.3 is 10.3 Å². The molecule has 0 fully saturated rings. The number of rotatable bonds is 1. The van der Waals surface area contributed by atoms with Crippen LogP contribution < -0.4 is 5.73 Å². The van der Waals surface area contributed by atoms with Gasteiger partial charge in [-0.2, -0.15) is 5.10 Å². The van der Waals surface area contributed by atoms with Gasteiger partial charge in [0.2, 0.25) is 0 Å². The molecule has 2 aromatic heterocycles. The van der Waals surface area contributed by atoms with Gasteiger partial charge in [0.25, 0.3) is 0 Å². The summed E-state index contributed by atoms with van der Waals surface area (Å²) in [5, 5.41) is 7.81. The number of anilines is 1. The van der Waals surface area contributed by atoms with E-state index in [0.717, 1.165) is 11.4 Å². The average Bonchev–Trinajstić information content (AvgIpc) is 2.61. The lowest BCUT2D eigenvalue weighted by Crippen LogP contribution is -1.91. The van der Waals surface area contributed by atoms with Crippen molar-refractivity contribution in [3.63, 3.8) is 0 Å². The van der Waals surface area contributed by atoms with Crippen LogP contribution in [0.3, 0.4) is 0 Å². The van der Waals surface area contributed by atoms with Crippen LogP contribution in [0.25, 0.3) is 11.5 Å². The first kappa shape index (κ1) is 7.85. The van der Waals surface area contributed by atoms with E-state index in [9.17, 15) is 0 Å². The van der Waals surface area contributed by atoms with E-state index < -0.39 is 0 Å². The van der Waals surface area contributed by atoms with Crippen LogP contribution in [0.4, 0.5) is 5.82 Å². The van der Waals surface area contributed by atoms with E-state index >= 15 is 0 Å². The molecule has 0 amide bonds. The van der Waals surface area contributed by atoms with Crippen molar-refractivity contribution in [2.45, 2.75) is 6.92 Å². The van der Waals surface area contributed by atoms with E-state index in [1.54, 1.807) is 10.7 Å². The number of aromatic nitrogens is 3. The first-order chi connectivity index (χ1) is 6.16. The number of nitrogens with two attached hydrogens (primary N) is 1. The quantitative estimate of drug-likeness (QED) is 0.706. The average molecular weight is 178 g/mol. The van der Waals surface area contributed by atoms with E-state index in [1.807, 2.05) is 20.0 Å². The third-order valence-electron chi connectivity index (χ3n) is 1.89. The van der Waals surface area contributed by atoms with Crippen molar-refractivity contribution in [2.24, 2.45) is 7.05 Å². The molecule has 0 bridgehead atoms. The Morgan fingerprint density at radius 2 is 2.23 bits per heavy atom. The van der Waals surface area contributed by atoms with Gasteiger partial charge in [-0.15, -0.1) is 0 Å². The highest BCUT2D eigenvalue weighted by Crippen LogP contribution is 2.19. The number of aryl methyl sites for hydroxylation is 2. The van der Waals surface area contributed by atoms with Crippen molar-refractivity contribution in [3.05, 3.63) is 17.8 Å². The molecule has 0 aliphatic carbocycles. The predicted molar refractivity (Wildman–Crippen MR) is 47.9 cm³/mol. The molecule has 2 heterocycles. The Hall–Kier alpha value is -1.78. The van der Waals surface area contributed by atoms with Crippen molar-refractivity contribution in [1.82, 2.24) is 14.9 Å². The SMILES string of the molecule is Cc1cc(-c2cc(N)no2)nn1C. The largest absolute Gasteiger partial charge is 0.381 e. The van der Waals surface area contributed by atoms with Gasteiger partial charge in [0.15, 0.2) is 11.6 Å². The molecule has 68 valence electrons. The standard InChI is InChI=1S/C8H10N4O/c1-5-3-6(10-12(5)2)7-4-8(9)11-13-7/h3-4H,1-2H3,(H2,9,11). The van der Waals surface area contributed by atoms with Crippen LogP contribution in [0.15, 0.2) is 16.7 Å². The van der Waals surface area contributed by atoms with Crippen LogP contribution in [-0.2, 0) is 7.05 Å². The molecule has 0 atom stereocenters. The van der Waals surface area contributed by atoms with Crippen molar-refractivity contribution >= 4 is 5.82 Å². The lowest BCUT2D eigenvalue weighted by molar-refractivity contribution is 0.434. The molecule has 2 aromatic rings. The predicted octanol–water partition coefficient (Wildman–Crippen LogP) is 0.966. The molecule has 0 aliphatic rings. The van der Waals surface area contributed by atoms with Gasteiger partial charge >= 0.3 is 0 Å². The van der Waals surface area contributed by atoms with E-state index in [2.05, 4.69) is 10.3 Å². The van der Waals surface area contributed by atoms with Crippen LogP contribution >= 0.6 is 0 Å². The van der Waals surface area contributed by atoms with Gasteiger partial charge in [-0.25, -0.2) is 0 Å². The summed E-state index contributed by atoms with van der Waals surface area (Å²) in [5.41, 5.74) is 7.24. The van der Waals surface area contributed by atoms with E-state index in [1.165, 1.54) is 0 Å². The Labute approximate surface area is 75.1 Å². The van der Waals surface area contributed by atoms with Crippen LogP contribution in [0.1, 0.15) is 5.69 Å². The van der Waals surface area contributed by atoms with Gasteiger partial charge in [0.05, 0.1) is 0 Å². The summed E-state index contributed by atoms with van der Waals surface area (Å²) in [5.74, 6) is 0.972. The molecule has 0 aliphatic heterocycles. The Morgan fingerprint density at radius 1 is 1.46 bits per heavy atom. The zero-order valence-electron chi connectivity index (χ0n) is 7.48. The van der Waals surface area contributed by atoms with E-state index in [4.69, 9.17) is 10.3 Å². The summed E-state index contributed by atoms with van der Waals surface area (Å²) in [6, 6.07) is 3.57. The maximum atomic E-state index is 5.42. The third kappa shape index (κ3) is 1.28. The van der Waals surface area contributed by atoms with Crippen molar-refractivity contribution in [2.75, 3.05) is 5.73 Å². The van der Waals surface area contributed by atoms with Crippen molar-refractivity contribution < 1.29 is 4.52 Å². The highest BCUT2D eigenvalue weighted by Gasteiger charge is 2.08. The molecule has 0 unspecified atom stereocenters. The highest BCUT2D eigenvalue weighted by molar-refractivity contribution is 5.55. The van der Waals surface area contributed by atoms with Crippen LogP contribution in [0, 0.1) is 6.92 Å². The van der Waals surface area contributed by atoms with Crippen molar-refractivity contribution in [1.29, 1.82) is 0 Å². The molecular formula is C8H10N4O. The Morgan fingerprint density at radius 3 is 2.69 bits per heavy atom. The molecule has 5 heteroatoms. The number of nitrogens with zero attached hydrogens (tertiary/aromatic N) is 3. The summed E-state index contributed by atoms with van der Waals surface area (Å²) in [6.45, 7) is 1.97. The summed E-state index contributed by atoms with van der Waals surface area (Å²) >= 11 is 0. The molecule has 5 nitrogen and oxygen atoms in total. The maximum absolute atomic E-state index is 5.42. The summed E-state index contributed by atoms with van der Waals surface area (Å²) < 4.78 is 6.74. The molecule has 0 saturated carbocycles. The molecular weight excluding hydrogens is 168 g/mol. The van der Waals surface area contributed by atoms with Gasteiger partial charge in [-0.05, 0) is 13.0 Å². The number of hydrogen-bond acceptors (Lipinski definition) is 4. The monoisotopic (exact) mass is 178 g/mol. The number of nitrogen functional groups attached to an aromatic ring is 1. The molecule has 13 heavy (non-hydrogen) atoms. The summed E-state index contributed by atoms with van der Waals surface area (Å²) in [4.78, 5) is 0. The smallest absolute Gasteiger partial charge is 0.189 e. The first-order valence-electron chi connectivity index (χ1n) is 3.90. The topological polar surface area (TPSA) is 69.9 Å². The fourth-order valence-electron chi connectivity index (χ4n) is 1.09. The van der Waals surface area contributed by atoms with Crippen LogP contribution in [0.5, 0.6) is 0 Å². The van der Waals surface area contributed by atoms with Crippen LogP contribution in [0.2, 0.25) is 0 Å². The van der Waals surface area contributed by atoms with Crippen LogP contribution in [-0.4, -0.2) is 14.9 Å². The van der Waals surface area contributed by atoms with E-state index in [-0.39, 0.29) is 0 Å². The Bertz CT molecular complexity index is 410. The van der Waals surface area contributed by atoms with Gasteiger partial charge in [-0.1, -0.05) is 5.16 Å². The summed E-state index contributed by atoms with van der Waals surface area (Å²) in [6.07, 6.45) is 0. The minimum absolute atomic E-state index is 0.373. The zero-order chi connectivity index (χ0) is 9.42. The molecule has 0 aromatic carbocycles. The highest BCUT2D eigenvalue weighted by atomic mass is 16.5. The van der Waals surface area contributed by atoms with Crippen molar-refractivity contribution in [3.8, 4) is 11.5 Å². The lowest BCUT2D eigenvalue weighted by atomic mass is 10.3. The first-order valence-corrected chi connectivity index (χ1v) is 3.90. The van der Waals surface area contributed by atoms with Gasteiger partial charge in [0.1, 0.15) is 5.69 Å². The third-order valence-corrected chi connectivity index (χ3v) is 1.89.